The van der Waals surface area contributed by atoms with Gasteiger partial charge in [0, 0.05) is 44.1 Å². The third-order valence-corrected chi connectivity index (χ3v) is 6.27. The smallest absolute Gasteiger partial charge is 0.232 e. The molecule has 1 N–H and O–H groups in total. The van der Waals surface area contributed by atoms with E-state index in [1.807, 2.05) is 37.3 Å². The second kappa shape index (κ2) is 9.24. The van der Waals surface area contributed by atoms with Gasteiger partial charge in [-0.15, -0.1) is 0 Å². The molecule has 27 heavy (non-hydrogen) atoms. The molecular formula is C21H29N3O2S. The van der Waals surface area contributed by atoms with Gasteiger partial charge in [0.15, 0.2) is 0 Å². The largest absolute Gasteiger partial charge is 0.369 e. The first-order valence-corrected chi connectivity index (χ1v) is 11.3. The van der Waals surface area contributed by atoms with E-state index in [0.717, 1.165) is 39.1 Å². The molecule has 2 aromatic carbocycles. The van der Waals surface area contributed by atoms with Crippen LogP contribution in [-0.4, -0.2) is 45.2 Å². The maximum Gasteiger partial charge on any atom is 0.232 e. The van der Waals surface area contributed by atoms with Crippen molar-refractivity contribution in [2.75, 3.05) is 41.6 Å². The molecule has 0 aromatic heterocycles. The molecule has 1 heterocycles. The summed E-state index contributed by atoms with van der Waals surface area (Å²) in [6.45, 7) is 6.99. The van der Waals surface area contributed by atoms with Crippen molar-refractivity contribution in [3.8, 4) is 0 Å². The van der Waals surface area contributed by atoms with Crippen LogP contribution in [0.2, 0.25) is 0 Å². The summed E-state index contributed by atoms with van der Waals surface area (Å²) in [5.74, 6) is 0.178. The zero-order chi connectivity index (χ0) is 19.1. The minimum atomic E-state index is -3.24. The molecule has 1 aliphatic rings. The molecule has 6 heteroatoms. The Hall–Kier alpha value is -2.05. The van der Waals surface area contributed by atoms with E-state index in [4.69, 9.17) is 0 Å². The zero-order valence-corrected chi connectivity index (χ0v) is 16.8. The lowest BCUT2D eigenvalue weighted by Gasteiger charge is -2.36. The SMILES string of the molecule is CCCCS(=O)(=O)Nc1ccc(CN2CCN(c3ccccc3)CC2)cc1. The molecule has 1 aliphatic heterocycles. The van der Waals surface area contributed by atoms with Crippen LogP contribution in [0.3, 0.4) is 0 Å². The highest BCUT2D eigenvalue weighted by atomic mass is 32.2. The molecule has 146 valence electrons. The normalized spacial score (nSPS) is 15.7. The minimum Gasteiger partial charge on any atom is -0.369 e. The number of hydrogen-bond donors (Lipinski definition) is 1. The molecule has 3 rings (SSSR count). The number of unbranched alkanes of at least 4 members (excludes halogenated alkanes) is 1. The Balaban J connectivity index is 1.49. The lowest BCUT2D eigenvalue weighted by molar-refractivity contribution is 0.250. The third-order valence-electron chi connectivity index (χ3n) is 4.89. The lowest BCUT2D eigenvalue weighted by atomic mass is 10.1. The van der Waals surface area contributed by atoms with Crippen molar-refractivity contribution < 1.29 is 8.42 Å². The highest BCUT2D eigenvalue weighted by Gasteiger charge is 2.17. The van der Waals surface area contributed by atoms with Crippen LogP contribution in [-0.2, 0) is 16.6 Å². The summed E-state index contributed by atoms with van der Waals surface area (Å²) in [5.41, 5.74) is 3.14. The van der Waals surface area contributed by atoms with Gasteiger partial charge in [-0.2, -0.15) is 0 Å². The zero-order valence-electron chi connectivity index (χ0n) is 16.0. The van der Waals surface area contributed by atoms with Gasteiger partial charge in [-0.05, 0) is 36.2 Å². The second-order valence-electron chi connectivity index (χ2n) is 7.07. The Kier molecular flexibility index (Phi) is 6.74. The van der Waals surface area contributed by atoms with Crippen LogP contribution in [0.15, 0.2) is 54.6 Å². The van der Waals surface area contributed by atoms with Crippen molar-refractivity contribution in [1.82, 2.24) is 4.90 Å². The van der Waals surface area contributed by atoms with Gasteiger partial charge in [0.05, 0.1) is 5.75 Å². The van der Waals surface area contributed by atoms with E-state index < -0.39 is 10.0 Å². The van der Waals surface area contributed by atoms with Gasteiger partial charge in [0.1, 0.15) is 0 Å². The molecule has 0 unspecified atom stereocenters. The second-order valence-corrected chi connectivity index (χ2v) is 8.91. The number of nitrogens with zero attached hydrogens (tertiary/aromatic N) is 2. The average molecular weight is 388 g/mol. The quantitative estimate of drug-likeness (QED) is 0.753. The van der Waals surface area contributed by atoms with E-state index in [2.05, 4.69) is 38.8 Å². The van der Waals surface area contributed by atoms with Gasteiger partial charge in [-0.25, -0.2) is 8.42 Å². The van der Waals surface area contributed by atoms with Crippen molar-refractivity contribution in [3.63, 3.8) is 0 Å². The van der Waals surface area contributed by atoms with Crippen molar-refractivity contribution >= 4 is 21.4 Å². The molecule has 2 aromatic rings. The first kappa shape index (κ1) is 19.7. The lowest BCUT2D eigenvalue weighted by Crippen LogP contribution is -2.45. The van der Waals surface area contributed by atoms with Crippen LogP contribution in [0, 0.1) is 0 Å². The Labute approximate surface area is 163 Å². The van der Waals surface area contributed by atoms with E-state index in [1.54, 1.807) is 0 Å². The van der Waals surface area contributed by atoms with Crippen molar-refractivity contribution in [3.05, 3.63) is 60.2 Å². The summed E-state index contributed by atoms with van der Waals surface area (Å²) in [4.78, 5) is 4.87. The fourth-order valence-electron chi connectivity index (χ4n) is 3.30. The minimum absolute atomic E-state index is 0.178. The van der Waals surface area contributed by atoms with Crippen LogP contribution in [0.4, 0.5) is 11.4 Å². The molecule has 0 bridgehead atoms. The van der Waals surface area contributed by atoms with Crippen LogP contribution in [0.5, 0.6) is 0 Å². The third kappa shape index (κ3) is 5.97. The number of nitrogens with one attached hydrogen (secondary N) is 1. The first-order chi connectivity index (χ1) is 13.1. The summed E-state index contributed by atoms with van der Waals surface area (Å²) >= 11 is 0. The van der Waals surface area contributed by atoms with E-state index in [1.165, 1.54) is 11.3 Å². The highest BCUT2D eigenvalue weighted by molar-refractivity contribution is 7.92. The van der Waals surface area contributed by atoms with Gasteiger partial charge < -0.3 is 4.90 Å². The van der Waals surface area contributed by atoms with Gasteiger partial charge in [0.2, 0.25) is 10.0 Å². The van der Waals surface area contributed by atoms with Crippen LogP contribution < -0.4 is 9.62 Å². The molecule has 0 radical (unpaired) electrons. The Morgan fingerprint density at radius 1 is 0.926 bits per heavy atom. The number of para-hydroxylation sites is 1. The summed E-state index contributed by atoms with van der Waals surface area (Å²) in [6.07, 6.45) is 1.56. The van der Waals surface area contributed by atoms with Crippen molar-refractivity contribution in [2.45, 2.75) is 26.3 Å². The maximum atomic E-state index is 12.0. The fraction of sp³-hybridized carbons (Fsp3) is 0.429. The van der Waals surface area contributed by atoms with Crippen LogP contribution in [0.25, 0.3) is 0 Å². The monoisotopic (exact) mass is 387 g/mol. The van der Waals surface area contributed by atoms with Crippen molar-refractivity contribution in [2.24, 2.45) is 0 Å². The van der Waals surface area contributed by atoms with Gasteiger partial charge >= 0.3 is 0 Å². The molecule has 5 nitrogen and oxygen atoms in total. The Bertz CT molecular complexity index is 799. The maximum absolute atomic E-state index is 12.0. The average Bonchev–Trinajstić information content (AvgIpc) is 2.69. The topological polar surface area (TPSA) is 52.7 Å². The van der Waals surface area contributed by atoms with Crippen molar-refractivity contribution in [1.29, 1.82) is 0 Å². The number of hydrogen-bond acceptors (Lipinski definition) is 4. The number of rotatable bonds is 8. The van der Waals surface area contributed by atoms with Gasteiger partial charge in [0.25, 0.3) is 0 Å². The van der Waals surface area contributed by atoms with E-state index in [0.29, 0.717) is 12.1 Å². The van der Waals surface area contributed by atoms with Crippen LogP contribution in [0.1, 0.15) is 25.3 Å². The molecule has 1 saturated heterocycles. The molecule has 0 amide bonds. The van der Waals surface area contributed by atoms with E-state index in [-0.39, 0.29) is 5.75 Å². The predicted molar refractivity (Wildman–Crippen MR) is 113 cm³/mol. The molecule has 0 spiro atoms. The predicted octanol–water partition coefficient (Wildman–Crippen LogP) is 3.55. The van der Waals surface area contributed by atoms with Gasteiger partial charge in [-0.3, -0.25) is 9.62 Å². The summed E-state index contributed by atoms with van der Waals surface area (Å²) < 4.78 is 26.6. The van der Waals surface area contributed by atoms with E-state index in [9.17, 15) is 8.42 Å². The van der Waals surface area contributed by atoms with Gasteiger partial charge in [-0.1, -0.05) is 43.7 Å². The Morgan fingerprint density at radius 3 is 2.22 bits per heavy atom. The number of sulfonamides is 1. The summed E-state index contributed by atoms with van der Waals surface area (Å²) in [5, 5.41) is 0. The number of benzene rings is 2. The summed E-state index contributed by atoms with van der Waals surface area (Å²) in [7, 11) is -3.24. The molecule has 0 saturated carbocycles. The molecule has 1 fully saturated rings. The van der Waals surface area contributed by atoms with Crippen LogP contribution >= 0.6 is 0 Å². The standard InChI is InChI=1S/C21H29N3O2S/c1-2-3-17-27(25,26)22-20-11-9-19(10-12-20)18-23-13-15-24(16-14-23)21-7-5-4-6-8-21/h4-12,22H,2-3,13-18H2,1H3. The summed E-state index contributed by atoms with van der Waals surface area (Å²) in [6, 6.07) is 18.3. The van der Waals surface area contributed by atoms with E-state index >= 15 is 0 Å². The number of piperazine rings is 1. The molecule has 0 atom stereocenters. The Morgan fingerprint density at radius 2 is 1.59 bits per heavy atom. The fourth-order valence-corrected chi connectivity index (χ4v) is 4.57. The molecule has 0 aliphatic carbocycles. The first-order valence-electron chi connectivity index (χ1n) is 9.67. The molecular weight excluding hydrogens is 358 g/mol. The highest BCUT2D eigenvalue weighted by Crippen LogP contribution is 2.18. The number of anilines is 2.